The number of nitrogens with one attached hydrogen (secondary N) is 1. The minimum absolute atomic E-state index is 0.346. The molecule has 0 radical (unpaired) electrons. The Morgan fingerprint density at radius 1 is 1.06 bits per heavy atom. The van der Waals surface area contributed by atoms with E-state index in [-0.39, 0.29) is 0 Å². The third-order valence-corrected chi connectivity index (χ3v) is 4.00. The van der Waals surface area contributed by atoms with Gasteiger partial charge in [0.1, 0.15) is 0 Å². The van der Waals surface area contributed by atoms with E-state index in [4.69, 9.17) is 0 Å². The van der Waals surface area contributed by atoms with Gasteiger partial charge in [0.25, 0.3) is 0 Å². The molecule has 96 valence electrons. The number of benzene rings is 1. The number of rotatable bonds is 5. The highest BCUT2D eigenvalue weighted by atomic mass is 14.9. The molecule has 1 aromatic rings. The van der Waals surface area contributed by atoms with Crippen molar-refractivity contribution in [2.45, 2.75) is 47.6 Å². The average Bonchev–Trinajstić information content (AvgIpc) is 2.27. The van der Waals surface area contributed by atoms with E-state index in [0.29, 0.717) is 17.4 Å². The molecular weight excluding hydrogens is 206 g/mol. The summed E-state index contributed by atoms with van der Waals surface area (Å²) in [6.45, 7) is 14.7. The molecule has 0 aliphatic rings. The van der Waals surface area contributed by atoms with Crippen LogP contribution >= 0.6 is 0 Å². The van der Waals surface area contributed by atoms with Crippen molar-refractivity contribution in [3.8, 4) is 0 Å². The standard InChI is InChI=1S/C16H27N/c1-12(2)16(5,6)11-17-14(4)15-9-7-13(3)8-10-15/h7-10,12,14,17H,11H2,1-6H3. The first kappa shape index (κ1) is 14.2. The maximum absolute atomic E-state index is 3.64. The lowest BCUT2D eigenvalue weighted by Crippen LogP contribution is -2.34. The monoisotopic (exact) mass is 233 g/mol. The van der Waals surface area contributed by atoms with Crippen LogP contribution < -0.4 is 5.32 Å². The molecule has 0 saturated heterocycles. The molecule has 1 unspecified atom stereocenters. The molecule has 1 heteroatoms. The molecule has 17 heavy (non-hydrogen) atoms. The highest BCUT2D eigenvalue weighted by Gasteiger charge is 2.22. The Bertz CT molecular complexity index is 335. The van der Waals surface area contributed by atoms with Gasteiger partial charge >= 0.3 is 0 Å². The molecule has 0 aliphatic carbocycles. The quantitative estimate of drug-likeness (QED) is 0.798. The maximum Gasteiger partial charge on any atom is 0.0292 e. The molecule has 0 fully saturated rings. The van der Waals surface area contributed by atoms with Crippen LogP contribution in [0.4, 0.5) is 0 Å². The largest absolute Gasteiger partial charge is 0.310 e. The normalized spacial score (nSPS) is 14.1. The van der Waals surface area contributed by atoms with Gasteiger partial charge in [-0.05, 0) is 30.7 Å². The van der Waals surface area contributed by atoms with Crippen molar-refractivity contribution in [2.75, 3.05) is 6.54 Å². The Balaban J connectivity index is 2.55. The summed E-state index contributed by atoms with van der Waals surface area (Å²) < 4.78 is 0. The second kappa shape index (κ2) is 5.68. The molecule has 0 amide bonds. The number of hydrogen-bond donors (Lipinski definition) is 1. The second-order valence-electron chi connectivity index (χ2n) is 6.16. The average molecular weight is 233 g/mol. The van der Waals surface area contributed by atoms with Gasteiger partial charge in [-0.2, -0.15) is 0 Å². The SMILES string of the molecule is Cc1ccc(C(C)NCC(C)(C)C(C)C)cc1. The zero-order valence-corrected chi connectivity index (χ0v) is 12.2. The third kappa shape index (κ3) is 4.16. The number of aryl methyl sites for hydroxylation is 1. The van der Waals surface area contributed by atoms with Crippen molar-refractivity contribution in [1.82, 2.24) is 5.32 Å². The Morgan fingerprint density at radius 3 is 2.06 bits per heavy atom. The van der Waals surface area contributed by atoms with Crippen LogP contribution in [-0.2, 0) is 0 Å². The third-order valence-electron chi connectivity index (χ3n) is 4.00. The summed E-state index contributed by atoms with van der Waals surface area (Å²) in [5.41, 5.74) is 3.04. The fraction of sp³-hybridized carbons (Fsp3) is 0.625. The molecule has 1 rings (SSSR count). The highest BCUT2D eigenvalue weighted by molar-refractivity contribution is 5.23. The first-order chi connectivity index (χ1) is 7.83. The minimum atomic E-state index is 0.346. The van der Waals surface area contributed by atoms with Gasteiger partial charge in [0.15, 0.2) is 0 Å². The van der Waals surface area contributed by atoms with Crippen molar-refractivity contribution in [3.05, 3.63) is 35.4 Å². The van der Waals surface area contributed by atoms with Gasteiger partial charge in [-0.15, -0.1) is 0 Å². The van der Waals surface area contributed by atoms with Crippen molar-refractivity contribution in [2.24, 2.45) is 11.3 Å². The maximum atomic E-state index is 3.64. The zero-order valence-electron chi connectivity index (χ0n) is 12.2. The predicted octanol–water partition coefficient (Wildman–Crippen LogP) is 4.33. The molecular formula is C16H27N. The zero-order chi connectivity index (χ0) is 13.1. The van der Waals surface area contributed by atoms with Gasteiger partial charge in [-0.1, -0.05) is 57.5 Å². The first-order valence-corrected chi connectivity index (χ1v) is 6.63. The Morgan fingerprint density at radius 2 is 1.59 bits per heavy atom. The van der Waals surface area contributed by atoms with Crippen LogP contribution in [0, 0.1) is 18.3 Å². The summed E-state index contributed by atoms with van der Waals surface area (Å²) in [6.07, 6.45) is 0. The molecule has 0 bridgehead atoms. The minimum Gasteiger partial charge on any atom is -0.310 e. The van der Waals surface area contributed by atoms with Crippen LogP contribution in [0.2, 0.25) is 0 Å². The van der Waals surface area contributed by atoms with Crippen LogP contribution in [0.15, 0.2) is 24.3 Å². The fourth-order valence-electron chi connectivity index (χ4n) is 1.59. The van der Waals surface area contributed by atoms with Crippen LogP contribution in [-0.4, -0.2) is 6.54 Å². The highest BCUT2D eigenvalue weighted by Crippen LogP contribution is 2.26. The summed E-state index contributed by atoms with van der Waals surface area (Å²) in [7, 11) is 0. The predicted molar refractivity (Wildman–Crippen MR) is 76.2 cm³/mol. The fourth-order valence-corrected chi connectivity index (χ4v) is 1.59. The van der Waals surface area contributed by atoms with E-state index in [1.165, 1.54) is 11.1 Å². The van der Waals surface area contributed by atoms with Crippen molar-refractivity contribution in [3.63, 3.8) is 0 Å². The van der Waals surface area contributed by atoms with Crippen LogP contribution in [0.1, 0.15) is 51.8 Å². The van der Waals surface area contributed by atoms with Crippen molar-refractivity contribution in [1.29, 1.82) is 0 Å². The Hall–Kier alpha value is -0.820. The molecule has 0 heterocycles. The van der Waals surface area contributed by atoms with Crippen LogP contribution in [0.25, 0.3) is 0 Å². The van der Waals surface area contributed by atoms with E-state index in [2.05, 4.69) is 71.1 Å². The van der Waals surface area contributed by atoms with E-state index in [1.54, 1.807) is 0 Å². The smallest absolute Gasteiger partial charge is 0.0292 e. The van der Waals surface area contributed by atoms with Gasteiger partial charge in [0.05, 0.1) is 0 Å². The van der Waals surface area contributed by atoms with E-state index in [9.17, 15) is 0 Å². The summed E-state index contributed by atoms with van der Waals surface area (Å²) in [5.74, 6) is 0.695. The lowest BCUT2D eigenvalue weighted by atomic mass is 9.81. The van der Waals surface area contributed by atoms with Gasteiger partial charge in [-0.25, -0.2) is 0 Å². The Kier molecular flexibility index (Phi) is 4.76. The van der Waals surface area contributed by atoms with Gasteiger partial charge < -0.3 is 5.32 Å². The van der Waals surface area contributed by atoms with E-state index in [0.717, 1.165) is 6.54 Å². The topological polar surface area (TPSA) is 12.0 Å². The van der Waals surface area contributed by atoms with Gasteiger partial charge in [0.2, 0.25) is 0 Å². The van der Waals surface area contributed by atoms with E-state index in [1.807, 2.05) is 0 Å². The second-order valence-corrected chi connectivity index (χ2v) is 6.16. The van der Waals surface area contributed by atoms with Crippen molar-refractivity contribution >= 4 is 0 Å². The molecule has 0 saturated carbocycles. The van der Waals surface area contributed by atoms with Crippen LogP contribution in [0.3, 0.4) is 0 Å². The van der Waals surface area contributed by atoms with Crippen LogP contribution in [0.5, 0.6) is 0 Å². The first-order valence-electron chi connectivity index (χ1n) is 6.63. The van der Waals surface area contributed by atoms with Gasteiger partial charge in [0, 0.05) is 12.6 Å². The van der Waals surface area contributed by atoms with E-state index >= 15 is 0 Å². The summed E-state index contributed by atoms with van der Waals surface area (Å²) in [5, 5.41) is 3.64. The molecule has 0 spiro atoms. The summed E-state index contributed by atoms with van der Waals surface area (Å²) >= 11 is 0. The Labute approximate surface area is 107 Å². The molecule has 1 atom stereocenters. The van der Waals surface area contributed by atoms with Gasteiger partial charge in [-0.3, -0.25) is 0 Å². The molecule has 1 aromatic carbocycles. The lowest BCUT2D eigenvalue weighted by molar-refractivity contribution is 0.230. The molecule has 0 aliphatic heterocycles. The lowest BCUT2D eigenvalue weighted by Gasteiger charge is -2.31. The summed E-state index contributed by atoms with van der Waals surface area (Å²) in [6, 6.07) is 9.22. The van der Waals surface area contributed by atoms with Crippen molar-refractivity contribution < 1.29 is 0 Å². The molecule has 1 nitrogen and oxygen atoms in total. The van der Waals surface area contributed by atoms with E-state index < -0.39 is 0 Å². The molecule has 1 N–H and O–H groups in total. The molecule has 0 aromatic heterocycles. The summed E-state index contributed by atoms with van der Waals surface area (Å²) in [4.78, 5) is 0. The number of hydrogen-bond acceptors (Lipinski definition) is 1.